The van der Waals surface area contributed by atoms with Crippen molar-refractivity contribution >= 4 is 17.2 Å². The Labute approximate surface area is 233 Å². The van der Waals surface area contributed by atoms with Crippen LogP contribution in [-0.4, -0.2) is 93.9 Å². The van der Waals surface area contributed by atoms with E-state index in [0.29, 0.717) is 49.4 Å². The third-order valence-electron chi connectivity index (χ3n) is 6.69. The van der Waals surface area contributed by atoms with Crippen LogP contribution < -0.4 is 9.64 Å². The van der Waals surface area contributed by atoms with Crippen LogP contribution in [-0.2, 0) is 4.79 Å². The van der Waals surface area contributed by atoms with Crippen molar-refractivity contribution in [2.45, 2.75) is 45.8 Å². The molecule has 3 aromatic rings. The predicted octanol–water partition coefficient (Wildman–Crippen LogP) is 3.04. The summed E-state index contributed by atoms with van der Waals surface area (Å²) in [6.07, 6.45) is 5.59. The van der Waals surface area contributed by atoms with Crippen LogP contribution in [0.4, 0.5) is 5.82 Å². The fourth-order valence-corrected chi connectivity index (χ4v) is 4.69. The lowest BCUT2D eigenvalue weighted by molar-refractivity contribution is -0.137. The lowest BCUT2D eigenvalue weighted by Gasteiger charge is -2.38. The van der Waals surface area contributed by atoms with E-state index in [-0.39, 0.29) is 32.5 Å². The third-order valence-corrected chi connectivity index (χ3v) is 6.69. The van der Waals surface area contributed by atoms with Gasteiger partial charge in [-0.05, 0) is 58.4 Å². The molecule has 0 aliphatic carbocycles. The number of carbonyl (C=O) groups is 1. The van der Waals surface area contributed by atoms with Crippen molar-refractivity contribution in [1.82, 2.24) is 24.4 Å². The summed E-state index contributed by atoms with van der Waals surface area (Å²) in [5, 5.41) is 24.0. The van der Waals surface area contributed by atoms with Crippen LogP contribution in [0.5, 0.6) is 5.75 Å². The molecule has 0 aromatic carbocycles. The van der Waals surface area contributed by atoms with Crippen molar-refractivity contribution in [3.05, 3.63) is 42.4 Å². The van der Waals surface area contributed by atoms with Gasteiger partial charge in [-0.25, -0.2) is 9.50 Å². The van der Waals surface area contributed by atoms with Gasteiger partial charge < -0.3 is 19.6 Å². The van der Waals surface area contributed by atoms with Gasteiger partial charge >= 0.3 is 0 Å². The lowest BCUT2D eigenvalue weighted by Crippen LogP contribution is -2.54. The quantitative estimate of drug-likeness (QED) is 0.445. The van der Waals surface area contributed by atoms with Crippen LogP contribution in [0.2, 0.25) is 0 Å². The fourth-order valence-electron chi connectivity index (χ4n) is 4.69. The summed E-state index contributed by atoms with van der Waals surface area (Å²) in [4.78, 5) is 23.6. The molecule has 0 unspecified atom stereocenters. The standard InChI is InChI=1S/C29H39N7O3/c1-20(2)13-25(33(5)6)28(37)35-11-9-34(10-12-35)26-8-7-21(16-31-26)24-14-23(39-19-29(3,4)38)18-36-27(24)22(15-30)17-32-36/h7-8,14,16-18,20,25,38H,9-13,19H2,1-6H3/t25-/m0/s1/i5D,6D. The van der Waals surface area contributed by atoms with Crippen molar-refractivity contribution in [3.8, 4) is 22.9 Å². The largest absolute Gasteiger partial charge is 0.489 e. The molecule has 1 aliphatic heterocycles. The predicted molar refractivity (Wildman–Crippen MR) is 151 cm³/mol. The van der Waals surface area contributed by atoms with Crippen molar-refractivity contribution in [2.24, 2.45) is 5.92 Å². The van der Waals surface area contributed by atoms with Gasteiger partial charge in [0.05, 0.1) is 35.1 Å². The number of aliphatic hydroxyl groups is 1. The number of piperazine rings is 1. The van der Waals surface area contributed by atoms with E-state index in [4.69, 9.17) is 12.5 Å². The fraction of sp³-hybridized carbons (Fsp3) is 0.517. The van der Waals surface area contributed by atoms with Gasteiger partial charge in [0.2, 0.25) is 5.91 Å². The van der Waals surface area contributed by atoms with Crippen molar-refractivity contribution in [3.63, 3.8) is 0 Å². The third kappa shape index (κ3) is 6.67. The van der Waals surface area contributed by atoms with E-state index in [9.17, 15) is 15.2 Å². The molecule has 1 saturated heterocycles. The van der Waals surface area contributed by atoms with Crippen LogP contribution in [0.25, 0.3) is 16.6 Å². The first-order chi connectivity index (χ1) is 19.5. The molecule has 1 fully saturated rings. The Kier molecular flexibility index (Phi) is 7.61. The van der Waals surface area contributed by atoms with Gasteiger partial charge in [-0.2, -0.15) is 10.4 Å². The number of nitrogens with zero attached hydrogens (tertiary/aromatic N) is 7. The molecule has 3 aromatic heterocycles. The Morgan fingerprint density at radius 3 is 2.59 bits per heavy atom. The second-order valence-electron chi connectivity index (χ2n) is 11.1. The monoisotopic (exact) mass is 535 g/mol. The molecular weight excluding hydrogens is 494 g/mol. The number of aromatic nitrogens is 3. The maximum Gasteiger partial charge on any atom is 0.240 e. The van der Waals surface area contributed by atoms with Crippen molar-refractivity contribution in [2.75, 3.05) is 51.7 Å². The first-order valence-electron chi connectivity index (χ1n) is 14.6. The molecule has 0 spiro atoms. The normalized spacial score (nSPS) is 15.8. The Morgan fingerprint density at radius 1 is 1.26 bits per heavy atom. The zero-order valence-electron chi connectivity index (χ0n) is 25.2. The van der Waals surface area contributed by atoms with E-state index in [2.05, 4.69) is 29.9 Å². The summed E-state index contributed by atoms with van der Waals surface area (Å²) in [7, 11) is -0.141. The Balaban J connectivity index is 1.50. The second-order valence-corrected chi connectivity index (χ2v) is 11.1. The number of fused-ring (bicyclic) bond motifs is 1. The van der Waals surface area contributed by atoms with E-state index in [1.54, 1.807) is 35.7 Å². The topological polar surface area (TPSA) is 110 Å². The van der Waals surface area contributed by atoms with Crippen LogP contribution in [0.1, 0.15) is 42.4 Å². The number of amides is 1. The number of pyridine rings is 2. The van der Waals surface area contributed by atoms with E-state index in [1.165, 1.54) is 6.20 Å². The molecule has 1 atom stereocenters. The van der Waals surface area contributed by atoms with Gasteiger partial charge in [-0.15, -0.1) is 0 Å². The number of likely N-dealkylation sites (N-methyl/N-ethyl adjacent to an activating group) is 1. The van der Waals surface area contributed by atoms with Crippen LogP contribution >= 0.6 is 0 Å². The zero-order valence-corrected chi connectivity index (χ0v) is 23.2. The van der Waals surface area contributed by atoms with Crippen molar-refractivity contribution in [1.29, 1.82) is 5.26 Å². The molecule has 10 nitrogen and oxygen atoms in total. The first kappa shape index (κ1) is 25.6. The Bertz CT molecular complexity index is 1370. The molecule has 4 rings (SSSR count). The number of hydrogen-bond acceptors (Lipinski definition) is 8. The maximum atomic E-state index is 13.3. The molecule has 0 saturated carbocycles. The molecule has 10 heteroatoms. The highest BCUT2D eigenvalue weighted by Gasteiger charge is 2.29. The Hall–Kier alpha value is -3.68. The summed E-state index contributed by atoms with van der Waals surface area (Å²) < 4.78 is 22.9. The minimum Gasteiger partial charge on any atom is -0.489 e. The zero-order chi connectivity index (χ0) is 29.7. The highest BCUT2D eigenvalue weighted by atomic mass is 16.5. The highest BCUT2D eigenvalue weighted by molar-refractivity contribution is 5.85. The number of nitriles is 1. The van der Waals surface area contributed by atoms with Crippen molar-refractivity contribution < 1.29 is 17.4 Å². The average molecular weight is 536 g/mol. The first-order valence-corrected chi connectivity index (χ1v) is 13.1. The molecular formula is C29H39N7O3. The lowest BCUT2D eigenvalue weighted by atomic mass is 10.0. The minimum absolute atomic E-state index is 0.00837. The van der Waals surface area contributed by atoms with E-state index >= 15 is 0 Å². The van der Waals surface area contributed by atoms with E-state index < -0.39 is 11.6 Å². The van der Waals surface area contributed by atoms with Gasteiger partial charge in [0.1, 0.15) is 24.2 Å². The SMILES string of the molecule is [2H]CN(C[2H])[C@@H](CC(C)C)C(=O)N1CCN(c2ccc(-c3cc(OCC(C)(C)O)cn4ncc(C#N)c34)cn2)CC1. The summed E-state index contributed by atoms with van der Waals surface area (Å²) in [5.41, 5.74) is 1.61. The van der Waals surface area contributed by atoms with E-state index in [1.807, 2.05) is 23.1 Å². The van der Waals surface area contributed by atoms with Gasteiger partial charge in [0.25, 0.3) is 0 Å². The number of carbonyl (C=O) groups excluding carboxylic acids is 1. The number of anilines is 1. The summed E-state index contributed by atoms with van der Waals surface area (Å²) in [6.45, 7) is 9.88. The molecule has 0 bridgehead atoms. The molecule has 1 N–H and O–H groups in total. The molecule has 39 heavy (non-hydrogen) atoms. The van der Waals surface area contributed by atoms with Crippen LogP contribution in [0, 0.1) is 17.2 Å². The maximum absolute atomic E-state index is 13.3. The Morgan fingerprint density at radius 2 is 2.00 bits per heavy atom. The smallest absolute Gasteiger partial charge is 0.240 e. The minimum atomic E-state index is -1.01. The van der Waals surface area contributed by atoms with Gasteiger partial charge in [-0.3, -0.25) is 9.69 Å². The summed E-state index contributed by atoms with van der Waals surface area (Å²) in [6, 6.07) is 7.45. The summed E-state index contributed by atoms with van der Waals surface area (Å²) >= 11 is 0. The van der Waals surface area contributed by atoms with Crippen LogP contribution in [0.15, 0.2) is 36.8 Å². The number of ether oxygens (including phenoxy) is 1. The number of rotatable bonds is 9. The molecule has 208 valence electrons. The molecule has 0 radical (unpaired) electrons. The molecule has 1 aliphatic rings. The molecule has 1 amide bonds. The number of hydrogen-bond donors (Lipinski definition) is 1. The summed E-state index contributed by atoms with van der Waals surface area (Å²) in [5.74, 6) is 1.58. The second kappa shape index (κ2) is 11.6. The molecule has 4 heterocycles. The highest BCUT2D eigenvalue weighted by Crippen LogP contribution is 2.31. The van der Waals surface area contributed by atoms with Gasteiger partial charge in [0.15, 0.2) is 0 Å². The van der Waals surface area contributed by atoms with Gasteiger partial charge in [-0.1, -0.05) is 13.8 Å². The van der Waals surface area contributed by atoms with Crippen LogP contribution in [0.3, 0.4) is 0 Å². The van der Waals surface area contributed by atoms with Gasteiger partial charge in [0, 0.05) is 46.2 Å². The average Bonchev–Trinajstić information content (AvgIpc) is 3.38. The van der Waals surface area contributed by atoms with E-state index in [0.717, 1.165) is 16.9 Å².